The van der Waals surface area contributed by atoms with E-state index in [0.717, 1.165) is 0 Å². The molecule has 0 aliphatic rings. The molecule has 0 amide bonds. The topological polar surface area (TPSA) is 26.3 Å². The first-order chi connectivity index (χ1) is 6.67. The Kier molecular flexibility index (Phi) is 4.23. The summed E-state index contributed by atoms with van der Waals surface area (Å²) in [4.78, 5) is 11.5. The molecule has 0 atom stereocenters. The minimum Gasteiger partial charge on any atom is -0.497 e. The van der Waals surface area contributed by atoms with Crippen LogP contribution in [0.25, 0.3) is 0 Å². The van der Waals surface area contributed by atoms with Crippen LogP contribution in [0.3, 0.4) is 0 Å². The standard InChI is InChI=1S/C10H10Cl2O2/c1-14-9-5-7(4-8(12)6-9)10(13)2-3-11/h4-6H,2-3H2,1H3. The number of hydrogen-bond donors (Lipinski definition) is 0. The molecule has 0 saturated carbocycles. The van der Waals surface area contributed by atoms with Gasteiger partial charge in [-0.2, -0.15) is 0 Å². The summed E-state index contributed by atoms with van der Waals surface area (Å²) in [6.07, 6.45) is 0.311. The number of rotatable bonds is 4. The summed E-state index contributed by atoms with van der Waals surface area (Å²) >= 11 is 11.3. The molecule has 1 aromatic rings. The summed E-state index contributed by atoms with van der Waals surface area (Å²) < 4.78 is 4.99. The van der Waals surface area contributed by atoms with Gasteiger partial charge >= 0.3 is 0 Å². The fourth-order valence-electron chi connectivity index (χ4n) is 1.07. The minimum atomic E-state index is -0.0270. The van der Waals surface area contributed by atoms with Crippen molar-refractivity contribution in [3.8, 4) is 5.75 Å². The molecule has 0 aromatic heterocycles. The van der Waals surface area contributed by atoms with Crippen LogP contribution in [0, 0.1) is 0 Å². The van der Waals surface area contributed by atoms with Gasteiger partial charge in [-0.1, -0.05) is 11.6 Å². The number of Topliss-reactive ketones (excluding diaryl/α,β-unsaturated/α-hetero) is 1. The minimum absolute atomic E-state index is 0.0270. The van der Waals surface area contributed by atoms with Crippen molar-refractivity contribution in [1.82, 2.24) is 0 Å². The number of halogens is 2. The molecular weight excluding hydrogens is 223 g/mol. The van der Waals surface area contributed by atoms with E-state index in [2.05, 4.69) is 0 Å². The summed E-state index contributed by atoms with van der Waals surface area (Å²) in [7, 11) is 1.53. The Hall–Kier alpha value is -0.730. The maximum absolute atomic E-state index is 11.5. The fraction of sp³-hybridized carbons (Fsp3) is 0.300. The third-order valence-electron chi connectivity index (χ3n) is 1.75. The molecule has 0 unspecified atom stereocenters. The highest BCUT2D eigenvalue weighted by molar-refractivity contribution is 6.31. The lowest BCUT2D eigenvalue weighted by atomic mass is 10.1. The zero-order valence-electron chi connectivity index (χ0n) is 7.72. The van der Waals surface area contributed by atoms with Crippen LogP contribution in [0.15, 0.2) is 18.2 Å². The second-order valence-corrected chi connectivity index (χ2v) is 3.56. The summed E-state index contributed by atoms with van der Waals surface area (Å²) in [6, 6.07) is 4.92. The zero-order valence-corrected chi connectivity index (χ0v) is 9.23. The van der Waals surface area contributed by atoms with E-state index in [1.807, 2.05) is 0 Å². The first-order valence-electron chi connectivity index (χ1n) is 4.11. The highest BCUT2D eigenvalue weighted by Gasteiger charge is 2.07. The van der Waals surface area contributed by atoms with Gasteiger partial charge in [0.15, 0.2) is 5.78 Å². The molecule has 0 N–H and O–H groups in total. The van der Waals surface area contributed by atoms with Gasteiger partial charge in [-0.25, -0.2) is 0 Å². The van der Waals surface area contributed by atoms with Gasteiger partial charge in [0.1, 0.15) is 5.75 Å². The van der Waals surface area contributed by atoms with Crippen molar-refractivity contribution < 1.29 is 9.53 Å². The number of carbonyl (C=O) groups is 1. The third-order valence-corrected chi connectivity index (χ3v) is 2.16. The van der Waals surface area contributed by atoms with Crippen molar-refractivity contribution >= 4 is 29.0 Å². The largest absolute Gasteiger partial charge is 0.497 e. The molecule has 14 heavy (non-hydrogen) atoms. The molecule has 1 rings (SSSR count). The van der Waals surface area contributed by atoms with Gasteiger partial charge in [-0.3, -0.25) is 4.79 Å². The number of carbonyl (C=O) groups excluding carboxylic acids is 1. The van der Waals surface area contributed by atoms with E-state index in [1.165, 1.54) is 7.11 Å². The Bertz CT molecular complexity index is 337. The Morgan fingerprint density at radius 3 is 2.71 bits per heavy atom. The number of ether oxygens (including phenoxy) is 1. The first kappa shape index (κ1) is 11.3. The molecule has 4 heteroatoms. The third kappa shape index (κ3) is 2.89. The lowest BCUT2D eigenvalue weighted by molar-refractivity contribution is 0.0989. The maximum Gasteiger partial charge on any atom is 0.164 e. The van der Waals surface area contributed by atoms with Gasteiger partial charge < -0.3 is 4.74 Å². The molecule has 0 aliphatic carbocycles. The van der Waals surface area contributed by atoms with Crippen LogP contribution >= 0.6 is 23.2 Å². The maximum atomic E-state index is 11.5. The van der Waals surface area contributed by atoms with E-state index in [4.69, 9.17) is 27.9 Å². The van der Waals surface area contributed by atoms with E-state index in [0.29, 0.717) is 28.6 Å². The van der Waals surface area contributed by atoms with E-state index < -0.39 is 0 Å². The Morgan fingerprint density at radius 1 is 1.43 bits per heavy atom. The lowest BCUT2D eigenvalue weighted by Crippen LogP contribution is -2.00. The highest BCUT2D eigenvalue weighted by atomic mass is 35.5. The molecule has 1 aromatic carbocycles. The van der Waals surface area contributed by atoms with Crippen molar-refractivity contribution in [2.24, 2.45) is 0 Å². The van der Waals surface area contributed by atoms with Gasteiger partial charge in [0.05, 0.1) is 7.11 Å². The number of hydrogen-bond acceptors (Lipinski definition) is 2. The molecule has 0 bridgehead atoms. The SMILES string of the molecule is COc1cc(Cl)cc(C(=O)CCCl)c1. The normalized spacial score (nSPS) is 9.93. The van der Waals surface area contributed by atoms with Crippen molar-refractivity contribution in [2.75, 3.05) is 13.0 Å². The Morgan fingerprint density at radius 2 is 2.14 bits per heavy atom. The van der Waals surface area contributed by atoms with Crippen LogP contribution in [0.1, 0.15) is 16.8 Å². The number of ketones is 1. The number of alkyl halides is 1. The molecule has 0 aliphatic heterocycles. The fourth-order valence-corrected chi connectivity index (χ4v) is 1.47. The first-order valence-corrected chi connectivity index (χ1v) is 5.02. The van der Waals surface area contributed by atoms with Gasteiger partial charge in [-0.15, -0.1) is 11.6 Å². The van der Waals surface area contributed by atoms with E-state index in [9.17, 15) is 4.79 Å². The van der Waals surface area contributed by atoms with Crippen LogP contribution in [0.2, 0.25) is 5.02 Å². The monoisotopic (exact) mass is 232 g/mol. The van der Waals surface area contributed by atoms with E-state index in [1.54, 1.807) is 18.2 Å². The molecular formula is C10H10Cl2O2. The van der Waals surface area contributed by atoms with E-state index in [-0.39, 0.29) is 5.78 Å². The molecule has 0 saturated heterocycles. The van der Waals surface area contributed by atoms with Crippen molar-refractivity contribution in [3.05, 3.63) is 28.8 Å². The lowest BCUT2D eigenvalue weighted by Gasteiger charge is -2.04. The molecule has 0 radical (unpaired) electrons. The summed E-state index contributed by atoms with van der Waals surface area (Å²) in [5.41, 5.74) is 0.537. The number of methoxy groups -OCH3 is 1. The van der Waals surface area contributed by atoms with Crippen LogP contribution in [0.5, 0.6) is 5.75 Å². The average Bonchev–Trinajstić information content (AvgIpc) is 2.17. The van der Waals surface area contributed by atoms with Crippen LogP contribution in [-0.4, -0.2) is 18.8 Å². The summed E-state index contributed by atoms with van der Waals surface area (Å²) in [6.45, 7) is 0. The molecule has 2 nitrogen and oxygen atoms in total. The molecule has 0 spiro atoms. The van der Waals surface area contributed by atoms with Crippen molar-refractivity contribution in [1.29, 1.82) is 0 Å². The molecule has 76 valence electrons. The summed E-state index contributed by atoms with van der Waals surface area (Å²) in [5, 5.41) is 0.488. The van der Waals surface area contributed by atoms with Crippen LogP contribution in [0.4, 0.5) is 0 Å². The molecule has 0 heterocycles. The van der Waals surface area contributed by atoms with Crippen LogP contribution < -0.4 is 4.74 Å². The van der Waals surface area contributed by atoms with Gasteiger partial charge in [0.2, 0.25) is 0 Å². The molecule has 0 fully saturated rings. The average molecular weight is 233 g/mol. The number of benzene rings is 1. The summed E-state index contributed by atoms with van der Waals surface area (Å²) in [5.74, 6) is 0.865. The van der Waals surface area contributed by atoms with Gasteiger partial charge in [0.25, 0.3) is 0 Å². The van der Waals surface area contributed by atoms with Gasteiger partial charge in [0, 0.05) is 22.9 Å². The predicted molar refractivity (Wildman–Crippen MR) is 57.7 cm³/mol. The van der Waals surface area contributed by atoms with Gasteiger partial charge in [-0.05, 0) is 18.2 Å². The predicted octanol–water partition coefficient (Wildman–Crippen LogP) is 3.16. The smallest absolute Gasteiger partial charge is 0.164 e. The zero-order chi connectivity index (χ0) is 10.6. The highest BCUT2D eigenvalue weighted by Crippen LogP contribution is 2.21. The van der Waals surface area contributed by atoms with Crippen LogP contribution in [-0.2, 0) is 0 Å². The van der Waals surface area contributed by atoms with E-state index >= 15 is 0 Å². The second-order valence-electron chi connectivity index (χ2n) is 2.74. The van der Waals surface area contributed by atoms with Crippen molar-refractivity contribution in [3.63, 3.8) is 0 Å². The Labute approximate surface area is 92.8 Å². The second kappa shape index (κ2) is 5.23. The Balaban J connectivity index is 2.96. The van der Waals surface area contributed by atoms with Crippen molar-refractivity contribution in [2.45, 2.75) is 6.42 Å². The quantitative estimate of drug-likeness (QED) is 0.589.